The summed E-state index contributed by atoms with van der Waals surface area (Å²) in [5.41, 5.74) is 0. The molecule has 6 nitrogen and oxygen atoms in total. The molecule has 1 aliphatic rings. The number of aliphatic hydroxyl groups excluding tert-OH is 1. The average Bonchev–Trinajstić information content (AvgIpc) is 2.94. The second-order valence-electron chi connectivity index (χ2n) is 4.57. The van der Waals surface area contributed by atoms with E-state index in [2.05, 4.69) is 9.62 Å². The van der Waals surface area contributed by atoms with Crippen LogP contribution >= 0.6 is 11.3 Å². The highest BCUT2D eigenvalue weighted by Crippen LogP contribution is 2.21. The van der Waals surface area contributed by atoms with Crippen molar-refractivity contribution < 1.29 is 18.3 Å². The minimum absolute atomic E-state index is 0.191. The Morgan fingerprint density at radius 3 is 2.85 bits per heavy atom. The van der Waals surface area contributed by atoms with Gasteiger partial charge in [-0.2, -0.15) is 0 Å². The number of hydrogen-bond acceptors (Lipinski definition) is 6. The maximum Gasteiger partial charge on any atom is 0.241 e. The zero-order valence-corrected chi connectivity index (χ0v) is 12.9. The molecule has 2 rings (SSSR count). The van der Waals surface area contributed by atoms with E-state index in [0.717, 1.165) is 39.3 Å². The Bertz CT molecular complexity index is 509. The quantitative estimate of drug-likeness (QED) is 0.704. The number of sulfonamides is 1. The van der Waals surface area contributed by atoms with Crippen LogP contribution in [0.2, 0.25) is 0 Å². The lowest BCUT2D eigenvalue weighted by atomic mass is 10.3. The smallest absolute Gasteiger partial charge is 0.241 e. The monoisotopic (exact) mass is 320 g/mol. The summed E-state index contributed by atoms with van der Waals surface area (Å²) in [5, 5.41) is 10.8. The van der Waals surface area contributed by atoms with Crippen molar-refractivity contribution in [2.45, 2.75) is 17.9 Å². The maximum atomic E-state index is 12.1. The first-order valence-electron chi connectivity index (χ1n) is 6.60. The molecule has 1 fully saturated rings. The lowest BCUT2D eigenvalue weighted by molar-refractivity contribution is 0.0376. The predicted molar refractivity (Wildman–Crippen MR) is 77.3 cm³/mol. The van der Waals surface area contributed by atoms with Crippen molar-refractivity contribution in [3.63, 3.8) is 0 Å². The van der Waals surface area contributed by atoms with Gasteiger partial charge in [-0.3, -0.25) is 4.90 Å². The largest absolute Gasteiger partial charge is 0.391 e. The zero-order chi connectivity index (χ0) is 14.4. The number of thiophene rings is 1. The van der Waals surface area contributed by atoms with Crippen molar-refractivity contribution >= 4 is 21.4 Å². The Labute approximate surface area is 123 Å². The van der Waals surface area contributed by atoms with Gasteiger partial charge in [0.15, 0.2) is 0 Å². The van der Waals surface area contributed by atoms with Crippen molar-refractivity contribution in [3.05, 3.63) is 16.3 Å². The van der Waals surface area contributed by atoms with Gasteiger partial charge in [-0.05, 0) is 24.4 Å². The number of morpholine rings is 1. The molecule has 1 aromatic heterocycles. The molecule has 0 spiro atoms. The van der Waals surface area contributed by atoms with Gasteiger partial charge in [0, 0.05) is 24.5 Å². The number of ether oxygens (including phenoxy) is 1. The molecular weight excluding hydrogens is 300 g/mol. The van der Waals surface area contributed by atoms with Gasteiger partial charge in [0.1, 0.15) is 0 Å². The highest BCUT2D eigenvalue weighted by molar-refractivity contribution is 7.89. The van der Waals surface area contributed by atoms with Crippen molar-refractivity contribution in [3.8, 4) is 0 Å². The van der Waals surface area contributed by atoms with Gasteiger partial charge in [0.25, 0.3) is 0 Å². The molecule has 1 aliphatic heterocycles. The number of rotatable bonds is 7. The van der Waals surface area contributed by atoms with Gasteiger partial charge in [-0.1, -0.05) is 0 Å². The van der Waals surface area contributed by atoms with Crippen molar-refractivity contribution in [2.75, 3.05) is 39.4 Å². The third-order valence-corrected chi connectivity index (χ3v) is 5.77. The second-order valence-corrected chi connectivity index (χ2v) is 7.31. The maximum absolute atomic E-state index is 12.1. The lowest BCUT2D eigenvalue weighted by Gasteiger charge is -2.26. The molecule has 0 amide bonds. The first kappa shape index (κ1) is 15.9. The molecule has 0 radical (unpaired) electrons. The van der Waals surface area contributed by atoms with E-state index in [9.17, 15) is 8.42 Å². The van der Waals surface area contributed by atoms with Crippen LogP contribution in [0.5, 0.6) is 0 Å². The average molecular weight is 320 g/mol. The fourth-order valence-electron chi connectivity index (χ4n) is 2.10. The molecule has 0 saturated carbocycles. The zero-order valence-electron chi connectivity index (χ0n) is 11.2. The number of nitrogens with zero attached hydrogens (tertiary/aromatic N) is 1. The van der Waals surface area contributed by atoms with E-state index < -0.39 is 10.0 Å². The lowest BCUT2D eigenvalue weighted by Crippen LogP contribution is -2.38. The molecule has 2 N–H and O–H groups in total. The molecule has 0 aromatic carbocycles. The fraction of sp³-hybridized carbons (Fsp3) is 0.667. The molecule has 0 unspecified atom stereocenters. The molecule has 0 aliphatic carbocycles. The first-order valence-corrected chi connectivity index (χ1v) is 8.97. The van der Waals surface area contributed by atoms with Gasteiger partial charge in [-0.25, -0.2) is 13.1 Å². The van der Waals surface area contributed by atoms with Crippen LogP contribution in [0.1, 0.15) is 11.3 Å². The Hall–Kier alpha value is -0.510. The van der Waals surface area contributed by atoms with E-state index in [0.29, 0.717) is 11.4 Å². The van der Waals surface area contributed by atoms with E-state index in [-0.39, 0.29) is 11.5 Å². The van der Waals surface area contributed by atoms with Gasteiger partial charge >= 0.3 is 0 Å². The minimum atomic E-state index is -3.51. The van der Waals surface area contributed by atoms with Gasteiger partial charge in [0.2, 0.25) is 10.0 Å². The van der Waals surface area contributed by atoms with E-state index in [1.807, 2.05) is 0 Å². The van der Waals surface area contributed by atoms with Crippen LogP contribution in [0.4, 0.5) is 0 Å². The Kier molecular flexibility index (Phi) is 5.94. The summed E-state index contributed by atoms with van der Waals surface area (Å²) >= 11 is 1.25. The Morgan fingerprint density at radius 1 is 1.40 bits per heavy atom. The van der Waals surface area contributed by atoms with Crippen LogP contribution < -0.4 is 4.72 Å². The number of aliphatic hydroxyl groups is 1. The fourth-order valence-corrected chi connectivity index (χ4v) is 4.46. The van der Waals surface area contributed by atoms with Crippen molar-refractivity contribution in [1.82, 2.24) is 9.62 Å². The topological polar surface area (TPSA) is 78.9 Å². The van der Waals surface area contributed by atoms with E-state index in [4.69, 9.17) is 9.84 Å². The molecule has 20 heavy (non-hydrogen) atoms. The third kappa shape index (κ3) is 4.24. The van der Waals surface area contributed by atoms with Gasteiger partial charge in [-0.15, -0.1) is 11.3 Å². The van der Waals surface area contributed by atoms with E-state index in [1.54, 1.807) is 5.38 Å². The Balaban J connectivity index is 1.78. The summed E-state index contributed by atoms with van der Waals surface area (Å²) in [6.45, 7) is 4.34. The molecule has 114 valence electrons. The van der Waals surface area contributed by atoms with Gasteiger partial charge < -0.3 is 9.84 Å². The minimum Gasteiger partial charge on any atom is -0.391 e. The Morgan fingerprint density at radius 2 is 2.15 bits per heavy atom. The number of nitrogens with one attached hydrogen (secondary N) is 1. The number of hydrogen-bond donors (Lipinski definition) is 2. The summed E-state index contributed by atoms with van der Waals surface area (Å²) in [7, 11) is -3.51. The first-order chi connectivity index (χ1) is 9.63. The molecule has 8 heteroatoms. The third-order valence-electron chi connectivity index (χ3n) is 3.18. The van der Waals surface area contributed by atoms with Gasteiger partial charge in [0.05, 0.1) is 24.7 Å². The van der Waals surface area contributed by atoms with Crippen molar-refractivity contribution in [2.24, 2.45) is 0 Å². The molecular formula is C12H20N2O4S2. The van der Waals surface area contributed by atoms with Crippen LogP contribution in [0.15, 0.2) is 16.3 Å². The summed E-state index contributed by atoms with van der Waals surface area (Å²) in [5.74, 6) is 0. The van der Waals surface area contributed by atoms with E-state index in [1.165, 1.54) is 17.4 Å². The molecule has 1 aromatic rings. The standard InChI is InChI=1S/C12H20N2O4S2/c15-10-11-12(2-9-19-11)20(16,17)13-3-1-4-14-5-7-18-8-6-14/h2,9,13,15H,1,3-8,10H2. The van der Waals surface area contributed by atoms with Crippen molar-refractivity contribution in [1.29, 1.82) is 0 Å². The summed E-state index contributed by atoms with van der Waals surface area (Å²) < 4.78 is 32.0. The van der Waals surface area contributed by atoms with Crippen LogP contribution in [-0.2, 0) is 21.4 Å². The van der Waals surface area contributed by atoms with E-state index >= 15 is 0 Å². The SMILES string of the molecule is O=S(=O)(NCCCN1CCOCC1)c1ccsc1CO. The summed E-state index contributed by atoms with van der Waals surface area (Å²) in [6.07, 6.45) is 0.762. The molecule has 0 bridgehead atoms. The van der Waals surface area contributed by atoms with Crippen LogP contribution in [0.25, 0.3) is 0 Å². The second kappa shape index (κ2) is 7.48. The predicted octanol–water partition coefficient (Wildman–Crippen LogP) is 0.241. The molecule has 0 atom stereocenters. The van der Waals surface area contributed by atoms with Crippen LogP contribution in [-0.4, -0.2) is 57.8 Å². The highest BCUT2D eigenvalue weighted by Gasteiger charge is 2.19. The molecule has 2 heterocycles. The van der Waals surface area contributed by atoms with Crippen LogP contribution in [0, 0.1) is 0 Å². The van der Waals surface area contributed by atoms with Crippen LogP contribution in [0.3, 0.4) is 0 Å². The summed E-state index contributed by atoms with van der Waals surface area (Å²) in [4.78, 5) is 2.93. The molecule has 1 saturated heterocycles. The normalized spacial score (nSPS) is 17.4. The summed E-state index contributed by atoms with van der Waals surface area (Å²) in [6, 6.07) is 1.53. The highest BCUT2D eigenvalue weighted by atomic mass is 32.2.